The van der Waals surface area contributed by atoms with Gasteiger partial charge in [0.05, 0.1) is 17.8 Å². The number of hydrogen-bond acceptors (Lipinski definition) is 4. The van der Waals surface area contributed by atoms with Crippen molar-refractivity contribution in [1.82, 2.24) is 0 Å². The van der Waals surface area contributed by atoms with Gasteiger partial charge in [-0.2, -0.15) is 0 Å². The van der Waals surface area contributed by atoms with Gasteiger partial charge < -0.3 is 10.5 Å². The molecule has 2 aromatic carbocycles. The van der Waals surface area contributed by atoms with Crippen molar-refractivity contribution >= 4 is 31.5 Å². The molecule has 2 rings (SSSR count). The fourth-order valence-electron chi connectivity index (χ4n) is 1.75. The predicted octanol–water partition coefficient (Wildman–Crippen LogP) is 3.01. The lowest BCUT2D eigenvalue weighted by molar-refractivity contribution is 0.414. The summed E-state index contributed by atoms with van der Waals surface area (Å²) in [6, 6.07) is 11.4. The van der Waals surface area contributed by atoms with Crippen molar-refractivity contribution in [2.75, 3.05) is 12.8 Å². The number of nitrogens with two attached hydrogens (primary N) is 1. The first kappa shape index (κ1) is 14.9. The molecule has 0 amide bonds. The zero-order valence-corrected chi connectivity index (χ0v) is 13.2. The maximum atomic E-state index is 12.4. The van der Waals surface area contributed by atoms with Crippen LogP contribution < -0.4 is 10.5 Å². The largest absolute Gasteiger partial charge is 0.497 e. The third-order valence-corrected chi connectivity index (χ3v) is 5.29. The Bertz CT molecular complexity index is 712. The van der Waals surface area contributed by atoms with Gasteiger partial charge in [0.1, 0.15) is 5.75 Å². The third-order valence-electron chi connectivity index (χ3n) is 2.84. The van der Waals surface area contributed by atoms with Gasteiger partial charge in [0.25, 0.3) is 0 Å². The summed E-state index contributed by atoms with van der Waals surface area (Å²) < 4.78 is 30.6. The van der Waals surface area contributed by atoms with Crippen molar-refractivity contribution < 1.29 is 13.2 Å². The van der Waals surface area contributed by atoms with Crippen LogP contribution in [-0.4, -0.2) is 15.5 Å². The molecule has 0 aliphatic rings. The van der Waals surface area contributed by atoms with E-state index in [1.54, 1.807) is 37.4 Å². The molecule has 6 heteroatoms. The van der Waals surface area contributed by atoms with E-state index >= 15 is 0 Å². The van der Waals surface area contributed by atoms with E-state index in [4.69, 9.17) is 10.5 Å². The van der Waals surface area contributed by atoms with Crippen molar-refractivity contribution in [2.45, 2.75) is 10.6 Å². The number of halogens is 1. The van der Waals surface area contributed by atoms with Crippen LogP contribution >= 0.6 is 15.9 Å². The van der Waals surface area contributed by atoms with Crippen LogP contribution in [0.4, 0.5) is 5.69 Å². The molecule has 0 heterocycles. The Morgan fingerprint density at radius 1 is 1.15 bits per heavy atom. The molecular formula is C14H14BrNO3S. The Morgan fingerprint density at radius 3 is 2.40 bits per heavy atom. The molecule has 0 saturated heterocycles. The van der Waals surface area contributed by atoms with E-state index in [0.717, 1.165) is 4.47 Å². The topological polar surface area (TPSA) is 69.4 Å². The van der Waals surface area contributed by atoms with Crippen molar-refractivity contribution in [2.24, 2.45) is 0 Å². The van der Waals surface area contributed by atoms with Crippen LogP contribution in [0.1, 0.15) is 5.56 Å². The number of methoxy groups -OCH3 is 1. The molecule has 0 spiro atoms. The van der Waals surface area contributed by atoms with Gasteiger partial charge in [-0.15, -0.1) is 0 Å². The van der Waals surface area contributed by atoms with Gasteiger partial charge in [0, 0.05) is 10.2 Å². The van der Waals surface area contributed by atoms with Crippen molar-refractivity contribution in [3.05, 3.63) is 52.5 Å². The normalized spacial score (nSPS) is 11.3. The van der Waals surface area contributed by atoms with Crippen LogP contribution in [0.3, 0.4) is 0 Å². The highest BCUT2D eigenvalue weighted by Crippen LogP contribution is 2.26. The number of benzene rings is 2. The minimum atomic E-state index is -3.42. The molecule has 20 heavy (non-hydrogen) atoms. The maximum absolute atomic E-state index is 12.4. The predicted molar refractivity (Wildman–Crippen MR) is 82.4 cm³/mol. The molecule has 2 aromatic rings. The number of anilines is 1. The molecular weight excluding hydrogens is 342 g/mol. The van der Waals surface area contributed by atoms with Gasteiger partial charge in [0.15, 0.2) is 9.84 Å². The lowest BCUT2D eigenvalue weighted by Crippen LogP contribution is -2.06. The lowest BCUT2D eigenvalue weighted by Gasteiger charge is -2.09. The molecule has 0 aliphatic carbocycles. The number of sulfone groups is 1. The van der Waals surface area contributed by atoms with Gasteiger partial charge in [-0.3, -0.25) is 0 Å². The number of ether oxygens (including phenoxy) is 1. The monoisotopic (exact) mass is 355 g/mol. The van der Waals surface area contributed by atoms with E-state index in [2.05, 4.69) is 15.9 Å². The van der Waals surface area contributed by atoms with Gasteiger partial charge in [0.2, 0.25) is 0 Å². The summed E-state index contributed by atoms with van der Waals surface area (Å²) in [7, 11) is -1.88. The smallest absolute Gasteiger partial charge is 0.182 e. The first-order valence-electron chi connectivity index (χ1n) is 5.83. The molecule has 0 unspecified atom stereocenters. The molecule has 0 fully saturated rings. The summed E-state index contributed by atoms with van der Waals surface area (Å²) in [5, 5.41) is 0. The van der Waals surface area contributed by atoms with Crippen molar-refractivity contribution in [3.63, 3.8) is 0 Å². The van der Waals surface area contributed by atoms with Crippen molar-refractivity contribution in [3.8, 4) is 5.75 Å². The fourth-order valence-corrected chi connectivity index (χ4v) is 3.69. The van der Waals surface area contributed by atoms with Gasteiger partial charge in [-0.05, 0) is 48.0 Å². The molecule has 2 N–H and O–H groups in total. The van der Waals surface area contributed by atoms with E-state index < -0.39 is 9.84 Å². The quantitative estimate of drug-likeness (QED) is 0.855. The van der Waals surface area contributed by atoms with Crippen LogP contribution in [0.2, 0.25) is 0 Å². The second kappa shape index (κ2) is 5.85. The van der Waals surface area contributed by atoms with Gasteiger partial charge in [-0.25, -0.2) is 8.42 Å². The number of rotatable bonds is 4. The average molecular weight is 356 g/mol. The van der Waals surface area contributed by atoms with Crippen LogP contribution in [-0.2, 0) is 15.6 Å². The van der Waals surface area contributed by atoms with E-state index in [9.17, 15) is 8.42 Å². The molecule has 0 saturated carbocycles. The first-order valence-corrected chi connectivity index (χ1v) is 8.27. The summed E-state index contributed by atoms with van der Waals surface area (Å²) in [4.78, 5) is 0.251. The van der Waals surface area contributed by atoms with E-state index in [-0.39, 0.29) is 10.6 Å². The molecule has 0 aromatic heterocycles. The van der Waals surface area contributed by atoms with Gasteiger partial charge in [-0.1, -0.05) is 15.9 Å². The van der Waals surface area contributed by atoms with E-state index in [1.165, 1.54) is 12.1 Å². The second-order valence-corrected chi connectivity index (χ2v) is 7.13. The molecule has 106 valence electrons. The molecule has 0 aliphatic heterocycles. The lowest BCUT2D eigenvalue weighted by atomic mass is 10.2. The zero-order valence-electron chi connectivity index (χ0n) is 10.8. The SMILES string of the molecule is COc1ccc(Br)c(CS(=O)(=O)c2ccc(N)cc2)c1. The third kappa shape index (κ3) is 3.32. The summed E-state index contributed by atoms with van der Waals surface area (Å²) in [6.07, 6.45) is 0. The maximum Gasteiger partial charge on any atom is 0.182 e. The van der Waals surface area contributed by atoms with Crippen LogP contribution in [0.25, 0.3) is 0 Å². The summed E-state index contributed by atoms with van der Waals surface area (Å²) in [5.41, 5.74) is 6.75. The number of hydrogen-bond donors (Lipinski definition) is 1. The standard InChI is InChI=1S/C14H14BrNO3S/c1-19-12-4-7-14(15)10(8-12)9-20(17,18)13-5-2-11(16)3-6-13/h2-8H,9,16H2,1H3. The Labute approximate surface area is 126 Å². The highest BCUT2D eigenvalue weighted by Gasteiger charge is 2.17. The Hall–Kier alpha value is -1.53. The van der Waals surface area contributed by atoms with Crippen LogP contribution in [0.5, 0.6) is 5.75 Å². The van der Waals surface area contributed by atoms with Crippen molar-refractivity contribution in [1.29, 1.82) is 0 Å². The average Bonchev–Trinajstić information content (AvgIpc) is 2.41. The second-order valence-electron chi connectivity index (χ2n) is 4.29. The van der Waals surface area contributed by atoms with E-state index in [1.807, 2.05) is 0 Å². The molecule has 0 bridgehead atoms. The first-order chi connectivity index (χ1) is 9.42. The highest BCUT2D eigenvalue weighted by molar-refractivity contribution is 9.10. The van der Waals surface area contributed by atoms with Gasteiger partial charge >= 0.3 is 0 Å². The Kier molecular flexibility index (Phi) is 4.35. The Balaban J connectivity index is 2.35. The molecule has 0 radical (unpaired) electrons. The fraction of sp³-hybridized carbons (Fsp3) is 0.143. The molecule has 0 atom stereocenters. The minimum absolute atomic E-state index is 0.102. The molecule has 4 nitrogen and oxygen atoms in total. The minimum Gasteiger partial charge on any atom is -0.497 e. The van der Waals surface area contributed by atoms with Crippen LogP contribution in [0.15, 0.2) is 51.8 Å². The summed E-state index contributed by atoms with van der Waals surface area (Å²) in [5.74, 6) is 0.519. The summed E-state index contributed by atoms with van der Waals surface area (Å²) in [6.45, 7) is 0. The van der Waals surface area contributed by atoms with Crippen LogP contribution in [0, 0.1) is 0 Å². The Morgan fingerprint density at radius 2 is 1.80 bits per heavy atom. The highest BCUT2D eigenvalue weighted by atomic mass is 79.9. The van der Waals surface area contributed by atoms with E-state index in [0.29, 0.717) is 17.0 Å². The zero-order chi connectivity index (χ0) is 14.8. The summed E-state index contributed by atoms with van der Waals surface area (Å²) >= 11 is 3.36. The number of nitrogen functional groups attached to an aromatic ring is 1.